The number of azo groups is 1. The topological polar surface area (TPSA) is 164 Å². The molecular weight excluding hydrogens is 654 g/mol. The number of aliphatic hydroxyl groups excluding tert-OH is 1. The summed E-state index contributed by atoms with van der Waals surface area (Å²) in [5, 5.41) is 49.5. The number of phenols is 2. The van der Waals surface area contributed by atoms with Gasteiger partial charge in [-0.15, -0.1) is 5.11 Å². The van der Waals surface area contributed by atoms with Crippen LogP contribution in [0.25, 0.3) is 6.08 Å². The van der Waals surface area contributed by atoms with Crippen molar-refractivity contribution in [2.75, 3.05) is 14.2 Å². The van der Waals surface area contributed by atoms with Crippen molar-refractivity contribution in [3.8, 4) is 23.0 Å². The number of ether oxygens (including phenoxy) is 2. The number of hydrogen-bond acceptors (Lipinski definition) is 10. The molecule has 0 saturated carbocycles. The first-order chi connectivity index (χ1) is 19.0. The van der Waals surface area contributed by atoms with E-state index < -0.39 is 31.8 Å². The molecule has 0 saturated heterocycles. The Morgan fingerprint density at radius 2 is 1.57 bits per heavy atom. The number of alkyl halides is 2. The number of hydrogen-bond donors (Lipinski definition) is 3. The number of aromatic hydroxyl groups is 2. The number of halogens is 2. The van der Waals surface area contributed by atoms with Gasteiger partial charge in [0, 0.05) is 12.1 Å². The molecule has 3 aromatic rings. The van der Waals surface area contributed by atoms with Gasteiger partial charge >= 0.3 is 0 Å². The van der Waals surface area contributed by atoms with Gasteiger partial charge in [0.15, 0.2) is 28.7 Å². The third kappa shape index (κ3) is 7.45. The van der Waals surface area contributed by atoms with Gasteiger partial charge < -0.3 is 24.8 Å². The first-order valence-corrected chi connectivity index (χ1v) is 13.2. The molecule has 0 amide bonds. The summed E-state index contributed by atoms with van der Waals surface area (Å²) in [6.07, 6.45) is 2.71. The van der Waals surface area contributed by atoms with Crippen molar-refractivity contribution in [1.29, 1.82) is 0 Å². The SMILES string of the molecule is COc1cc(/C=C/C(O)=C(N=Nc2ccc([N+](=O)[O-])cc2)C(=O)C(Br)C(Br)c2ccc(O)c(OC)c2)ccc1O. The molecule has 40 heavy (non-hydrogen) atoms. The standard InChI is InChI=1S/C27H23Br2N3O8/c1-39-22-13-15(3-10-19(22)33)4-11-21(35)26(31-30-17-6-8-18(9-7-17)32(37)38)27(36)25(29)24(28)16-5-12-20(34)23(14-16)40-2/h3-14,24-25,33-35H,1-2H3/b11-4+,26-21?,31-30?. The molecule has 0 spiro atoms. The third-order valence-electron chi connectivity index (χ3n) is 5.47. The number of Topliss-reactive ketones (excluding diaryl/α,β-unsaturated/α-hetero) is 1. The zero-order valence-electron chi connectivity index (χ0n) is 21.1. The molecule has 0 aliphatic heterocycles. The number of nitro groups is 1. The first kappa shape index (κ1) is 30.3. The van der Waals surface area contributed by atoms with Gasteiger partial charge in [0.2, 0.25) is 5.78 Å². The average molecular weight is 677 g/mol. The number of ketones is 1. The molecule has 3 aromatic carbocycles. The van der Waals surface area contributed by atoms with Crippen LogP contribution in [0.15, 0.2) is 88.4 Å². The Bertz CT molecular complexity index is 1490. The number of allylic oxidation sites excluding steroid dienone is 2. The monoisotopic (exact) mass is 675 g/mol. The number of rotatable bonds is 11. The van der Waals surface area contributed by atoms with Crippen molar-refractivity contribution >= 4 is 55.1 Å². The summed E-state index contributed by atoms with van der Waals surface area (Å²) in [6.45, 7) is 0. The zero-order valence-corrected chi connectivity index (χ0v) is 24.2. The van der Waals surface area contributed by atoms with Gasteiger partial charge in [0.05, 0.1) is 34.5 Å². The highest BCUT2D eigenvalue weighted by Gasteiger charge is 2.30. The second-order valence-corrected chi connectivity index (χ2v) is 10.0. The van der Waals surface area contributed by atoms with E-state index in [0.717, 1.165) is 0 Å². The number of nitro benzene ring substituents is 1. The summed E-state index contributed by atoms with van der Waals surface area (Å²) in [5.74, 6) is -0.886. The van der Waals surface area contributed by atoms with E-state index >= 15 is 0 Å². The lowest BCUT2D eigenvalue weighted by molar-refractivity contribution is -0.384. The highest BCUT2D eigenvalue weighted by molar-refractivity contribution is 9.12. The van der Waals surface area contributed by atoms with E-state index in [1.54, 1.807) is 18.2 Å². The van der Waals surface area contributed by atoms with Gasteiger partial charge in [-0.2, -0.15) is 5.11 Å². The molecule has 13 heteroatoms. The van der Waals surface area contributed by atoms with Crippen LogP contribution >= 0.6 is 31.9 Å². The normalized spacial score (nSPS) is 13.6. The Morgan fingerprint density at radius 3 is 2.17 bits per heavy atom. The number of carbonyl (C=O) groups is 1. The van der Waals surface area contributed by atoms with Crippen LogP contribution in [0.4, 0.5) is 11.4 Å². The number of benzene rings is 3. The number of nitrogens with zero attached hydrogens (tertiary/aromatic N) is 3. The number of non-ortho nitro benzene ring substituents is 1. The molecule has 0 aliphatic rings. The van der Waals surface area contributed by atoms with Gasteiger partial charge in [-0.1, -0.05) is 50.1 Å². The quantitative estimate of drug-likeness (QED) is 0.0369. The fraction of sp³-hybridized carbons (Fsp3) is 0.148. The predicted molar refractivity (Wildman–Crippen MR) is 155 cm³/mol. The minimum Gasteiger partial charge on any atom is -0.505 e. The van der Waals surface area contributed by atoms with Crippen LogP contribution in [0.5, 0.6) is 23.0 Å². The Labute approximate surface area is 245 Å². The van der Waals surface area contributed by atoms with Crippen LogP contribution in [-0.2, 0) is 4.79 Å². The van der Waals surface area contributed by atoms with Crippen molar-refractivity contribution in [3.63, 3.8) is 0 Å². The fourth-order valence-corrected chi connectivity index (χ4v) is 4.37. The molecule has 208 valence electrons. The lowest BCUT2D eigenvalue weighted by atomic mass is 10.0. The van der Waals surface area contributed by atoms with Crippen molar-refractivity contribution in [1.82, 2.24) is 0 Å². The van der Waals surface area contributed by atoms with Crippen molar-refractivity contribution in [3.05, 3.63) is 99.4 Å². The summed E-state index contributed by atoms with van der Waals surface area (Å²) in [7, 11) is 2.79. The maximum absolute atomic E-state index is 13.5. The van der Waals surface area contributed by atoms with Crippen LogP contribution in [0.1, 0.15) is 16.0 Å². The molecular formula is C27H23Br2N3O8. The van der Waals surface area contributed by atoms with Crippen molar-refractivity contribution in [2.45, 2.75) is 9.65 Å². The van der Waals surface area contributed by atoms with Gasteiger partial charge in [-0.3, -0.25) is 14.9 Å². The molecule has 0 aromatic heterocycles. The molecule has 2 atom stereocenters. The summed E-state index contributed by atoms with van der Waals surface area (Å²) >= 11 is 6.84. The average Bonchev–Trinajstić information content (AvgIpc) is 2.96. The molecule has 0 aliphatic carbocycles. The largest absolute Gasteiger partial charge is 0.505 e. The smallest absolute Gasteiger partial charge is 0.269 e. The summed E-state index contributed by atoms with van der Waals surface area (Å²) in [4.78, 5) is 22.3. The van der Waals surface area contributed by atoms with Crippen molar-refractivity contribution in [2.24, 2.45) is 10.2 Å². The molecule has 0 heterocycles. The minimum absolute atomic E-state index is 0.0662. The molecule has 3 N–H and O–H groups in total. The molecule has 11 nitrogen and oxygen atoms in total. The van der Waals surface area contributed by atoms with Gasteiger partial charge in [-0.05, 0) is 53.6 Å². The highest BCUT2D eigenvalue weighted by atomic mass is 79.9. The lowest BCUT2D eigenvalue weighted by Crippen LogP contribution is -2.21. The van der Waals surface area contributed by atoms with E-state index in [1.165, 1.54) is 68.8 Å². The minimum atomic E-state index is -0.961. The second kappa shape index (κ2) is 13.7. The molecule has 2 unspecified atom stereocenters. The molecule has 3 rings (SSSR count). The van der Waals surface area contributed by atoms with Crippen LogP contribution < -0.4 is 9.47 Å². The van der Waals surface area contributed by atoms with Crippen molar-refractivity contribution < 1.29 is 34.5 Å². The number of aliphatic hydroxyl groups is 1. The van der Waals surface area contributed by atoms with Gasteiger partial charge in [-0.25, -0.2) is 0 Å². The van der Waals surface area contributed by atoms with Gasteiger partial charge in [0.1, 0.15) is 5.76 Å². The number of phenolic OH excluding ortho intramolecular Hbond substituents is 2. The first-order valence-electron chi connectivity index (χ1n) is 11.4. The van der Waals surface area contributed by atoms with Crippen LogP contribution in [0.2, 0.25) is 0 Å². The fourth-order valence-electron chi connectivity index (χ4n) is 3.33. The zero-order chi connectivity index (χ0) is 29.4. The van der Waals surface area contributed by atoms with E-state index in [9.17, 15) is 30.2 Å². The summed E-state index contributed by atoms with van der Waals surface area (Å²) < 4.78 is 10.2. The second-order valence-electron chi connectivity index (χ2n) is 8.07. The number of methoxy groups -OCH3 is 2. The Hall–Kier alpha value is -4.23. The Balaban J connectivity index is 1.99. The Morgan fingerprint density at radius 1 is 0.975 bits per heavy atom. The van der Waals surface area contributed by atoms with Crippen LogP contribution in [-0.4, -0.2) is 45.1 Å². The van der Waals surface area contributed by atoms with Gasteiger partial charge in [0.25, 0.3) is 5.69 Å². The molecule has 0 bridgehead atoms. The van der Waals surface area contributed by atoms with E-state index in [-0.39, 0.29) is 34.4 Å². The maximum atomic E-state index is 13.5. The summed E-state index contributed by atoms with van der Waals surface area (Å²) in [5.41, 5.74) is 0.791. The predicted octanol–water partition coefficient (Wildman–Crippen LogP) is 7.06. The van der Waals surface area contributed by atoms with E-state index in [2.05, 4.69) is 42.1 Å². The van der Waals surface area contributed by atoms with E-state index in [4.69, 9.17) is 9.47 Å². The molecule has 0 fully saturated rings. The highest BCUT2D eigenvalue weighted by Crippen LogP contribution is 2.38. The van der Waals surface area contributed by atoms with Crippen LogP contribution in [0.3, 0.4) is 0 Å². The van der Waals surface area contributed by atoms with E-state index in [1.807, 2.05) is 0 Å². The summed E-state index contributed by atoms with van der Waals surface area (Å²) in [6, 6.07) is 14.2. The third-order valence-corrected chi connectivity index (χ3v) is 8.18. The molecule has 0 radical (unpaired) electrons. The van der Waals surface area contributed by atoms with E-state index in [0.29, 0.717) is 11.1 Å². The lowest BCUT2D eigenvalue weighted by Gasteiger charge is -2.17. The van der Waals surface area contributed by atoms with Crippen LogP contribution in [0, 0.1) is 10.1 Å². The Kier molecular flexibility index (Phi) is 10.4. The number of carbonyl (C=O) groups excluding carboxylic acids is 1. The maximum Gasteiger partial charge on any atom is 0.269 e.